The number of benzene rings is 2. The smallest absolute Gasteiger partial charge is 0.217 e. The lowest BCUT2D eigenvalue weighted by Gasteiger charge is -2.41. The summed E-state index contributed by atoms with van der Waals surface area (Å²) in [7, 11) is 4.97. The van der Waals surface area contributed by atoms with Crippen molar-refractivity contribution in [2.75, 3.05) is 27.9 Å². The molecule has 0 unspecified atom stereocenters. The minimum absolute atomic E-state index is 0.0320. The van der Waals surface area contributed by atoms with Gasteiger partial charge in [0, 0.05) is 26.1 Å². The van der Waals surface area contributed by atoms with Crippen LogP contribution in [0.3, 0.4) is 0 Å². The number of hydrogen-bond donors (Lipinski definition) is 1. The van der Waals surface area contributed by atoms with Gasteiger partial charge in [-0.1, -0.05) is 12.1 Å². The van der Waals surface area contributed by atoms with Crippen LogP contribution < -0.4 is 19.5 Å². The zero-order valence-corrected chi connectivity index (χ0v) is 17.8. The van der Waals surface area contributed by atoms with Gasteiger partial charge >= 0.3 is 0 Å². The number of amides is 1. The molecule has 156 valence electrons. The lowest BCUT2D eigenvalue weighted by molar-refractivity contribution is -0.120. The molecule has 2 aromatic carbocycles. The molecule has 0 saturated heterocycles. The van der Waals surface area contributed by atoms with Crippen LogP contribution in [-0.2, 0) is 17.8 Å². The van der Waals surface area contributed by atoms with Crippen LogP contribution in [0.1, 0.15) is 36.6 Å². The van der Waals surface area contributed by atoms with E-state index >= 15 is 0 Å². The number of methoxy groups -OCH3 is 3. The van der Waals surface area contributed by atoms with Gasteiger partial charge in [0.1, 0.15) is 5.75 Å². The molecule has 1 amide bonds. The third-order valence-corrected chi connectivity index (χ3v) is 5.48. The van der Waals surface area contributed by atoms with E-state index in [9.17, 15) is 4.79 Å². The van der Waals surface area contributed by atoms with Gasteiger partial charge in [0.05, 0.1) is 27.4 Å². The van der Waals surface area contributed by atoms with Crippen molar-refractivity contribution in [1.29, 1.82) is 0 Å². The first-order valence-electron chi connectivity index (χ1n) is 9.85. The first kappa shape index (κ1) is 21.0. The molecule has 2 aromatic rings. The second-order valence-corrected chi connectivity index (χ2v) is 7.41. The fraction of sp³-hybridized carbons (Fsp3) is 0.435. The number of carbonyl (C=O) groups is 1. The van der Waals surface area contributed by atoms with E-state index in [-0.39, 0.29) is 18.0 Å². The maximum Gasteiger partial charge on any atom is 0.217 e. The van der Waals surface area contributed by atoms with Crippen molar-refractivity contribution in [2.24, 2.45) is 0 Å². The molecule has 6 nitrogen and oxygen atoms in total. The molecule has 1 aliphatic rings. The molecule has 6 heteroatoms. The summed E-state index contributed by atoms with van der Waals surface area (Å²) in [4.78, 5) is 14.2. The second kappa shape index (κ2) is 9.18. The molecule has 2 atom stereocenters. The van der Waals surface area contributed by atoms with Crippen molar-refractivity contribution in [1.82, 2.24) is 10.2 Å². The summed E-state index contributed by atoms with van der Waals surface area (Å²) in [6, 6.07) is 12.2. The largest absolute Gasteiger partial charge is 0.497 e. The molecule has 0 aliphatic carbocycles. The molecule has 1 aliphatic heterocycles. The molecule has 0 fully saturated rings. The Kier molecular flexibility index (Phi) is 6.64. The number of rotatable bonds is 7. The molecule has 0 aromatic heterocycles. The molecule has 1 N–H and O–H groups in total. The topological polar surface area (TPSA) is 60.0 Å². The van der Waals surface area contributed by atoms with Gasteiger partial charge in [-0.15, -0.1) is 0 Å². The van der Waals surface area contributed by atoms with Crippen LogP contribution in [0.15, 0.2) is 36.4 Å². The van der Waals surface area contributed by atoms with E-state index in [0.717, 1.165) is 31.0 Å². The van der Waals surface area contributed by atoms with Crippen molar-refractivity contribution in [3.8, 4) is 17.2 Å². The summed E-state index contributed by atoms with van der Waals surface area (Å²) < 4.78 is 16.3. The van der Waals surface area contributed by atoms with Gasteiger partial charge in [0.25, 0.3) is 0 Å². The highest BCUT2D eigenvalue weighted by Gasteiger charge is 2.33. The molecule has 0 spiro atoms. The van der Waals surface area contributed by atoms with Crippen LogP contribution in [0, 0.1) is 0 Å². The van der Waals surface area contributed by atoms with Crippen LogP contribution in [0.4, 0.5) is 0 Å². The van der Waals surface area contributed by atoms with Crippen LogP contribution in [0.5, 0.6) is 17.2 Å². The SMILES string of the molecule is COc1ccc(CN2CCc3cc(OC)c(OC)cc3[C@H]2[C@@H](C)NC(C)=O)cc1. The van der Waals surface area contributed by atoms with Crippen LogP contribution in [-0.4, -0.2) is 44.7 Å². The predicted octanol–water partition coefficient (Wildman–Crippen LogP) is 3.34. The van der Waals surface area contributed by atoms with Crippen LogP contribution >= 0.6 is 0 Å². The first-order valence-corrected chi connectivity index (χ1v) is 9.85. The number of nitrogens with one attached hydrogen (secondary N) is 1. The average molecular weight is 399 g/mol. The summed E-state index contributed by atoms with van der Waals surface area (Å²) in [5.41, 5.74) is 3.61. The van der Waals surface area contributed by atoms with Crippen LogP contribution in [0.2, 0.25) is 0 Å². The standard InChI is InChI=1S/C23H30N2O4/c1-15(24-16(2)26)23-20-13-22(29-5)21(28-4)12-18(20)10-11-25(23)14-17-6-8-19(27-3)9-7-17/h6-9,12-13,15,23H,10-11,14H2,1-5H3,(H,24,26)/t15-,23-/m1/s1. The monoisotopic (exact) mass is 398 g/mol. The number of nitrogens with zero attached hydrogens (tertiary/aromatic N) is 1. The summed E-state index contributed by atoms with van der Waals surface area (Å²) >= 11 is 0. The Labute approximate surface area is 172 Å². The Morgan fingerprint density at radius 3 is 2.34 bits per heavy atom. The van der Waals surface area contributed by atoms with Crippen LogP contribution in [0.25, 0.3) is 0 Å². The zero-order chi connectivity index (χ0) is 21.0. The summed E-state index contributed by atoms with van der Waals surface area (Å²) in [6.45, 7) is 5.29. The van der Waals surface area contributed by atoms with E-state index in [0.29, 0.717) is 5.75 Å². The van der Waals surface area contributed by atoms with Crippen molar-refractivity contribution in [3.05, 3.63) is 53.1 Å². The maximum atomic E-state index is 11.8. The third kappa shape index (κ3) is 4.65. The normalized spacial score (nSPS) is 17.2. The fourth-order valence-electron chi connectivity index (χ4n) is 4.16. The number of carbonyl (C=O) groups excluding carboxylic acids is 1. The Bertz CT molecular complexity index is 851. The summed E-state index contributed by atoms with van der Waals surface area (Å²) in [6.07, 6.45) is 0.912. The van der Waals surface area contributed by atoms with E-state index < -0.39 is 0 Å². The average Bonchev–Trinajstić information content (AvgIpc) is 2.72. The van der Waals surface area contributed by atoms with E-state index in [2.05, 4.69) is 41.4 Å². The summed E-state index contributed by atoms with van der Waals surface area (Å²) in [5, 5.41) is 3.08. The van der Waals surface area contributed by atoms with Crippen molar-refractivity contribution >= 4 is 5.91 Å². The van der Waals surface area contributed by atoms with Gasteiger partial charge in [-0.3, -0.25) is 9.69 Å². The number of ether oxygens (including phenoxy) is 3. The molecule has 1 heterocycles. The molecule has 0 bridgehead atoms. The zero-order valence-electron chi connectivity index (χ0n) is 17.8. The van der Waals surface area contributed by atoms with Crippen molar-refractivity contribution in [3.63, 3.8) is 0 Å². The second-order valence-electron chi connectivity index (χ2n) is 7.41. The number of fused-ring (bicyclic) bond motifs is 1. The highest BCUT2D eigenvalue weighted by molar-refractivity contribution is 5.73. The lowest BCUT2D eigenvalue weighted by Crippen LogP contribution is -2.46. The van der Waals surface area contributed by atoms with Crippen molar-refractivity contribution < 1.29 is 19.0 Å². The molecular weight excluding hydrogens is 368 g/mol. The van der Waals surface area contributed by atoms with Gasteiger partial charge < -0.3 is 19.5 Å². The van der Waals surface area contributed by atoms with E-state index in [1.165, 1.54) is 16.7 Å². The Balaban J connectivity index is 1.96. The lowest BCUT2D eigenvalue weighted by atomic mass is 9.87. The fourth-order valence-corrected chi connectivity index (χ4v) is 4.16. The minimum Gasteiger partial charge on any atom is -0.497 e. The van der Waals surface area contributed by atoms with E-state index in [4.69, 9.17) is 14.2 Å². The summed E-state index contributed by atoms with van der Waals surface area (Å²) in [5.74, 6) is 2.26. The molecular formula is C23H30N2O4. The predicted molar refractivity (Wildman–Crippen MR) is 113 cm³/mol. The highest BCUT2D eigenvalue weighted by atomic mass is 16.5. The van der Waals surface area contributed by atoms with Crippen molar-refractivity contribution in [2.45, 2.75) is 38.9 Å². The highest BCUT2D eigenvalue weighted by Crippen LogP contribution is 2.40. The Morgan fingerprint density at radius 1 is 1.10 bits per heavy atom. The Hall–Kier alpha value is -2.73. The van der Waals surface area contributed by atoms with Gasteiger partial charge in [-0.05, 0) is 54.3 Å². The number of hydrogen-bond acceptors (Lipinski definition) is 5. The molecule has 3 rings (SSSR count). The third-order valence-electron chi connectivity index (χ3n) is 5.48. The molecule has 0 radical (unpaired) electrons. The van der Waals surface area contributed by atoms with Gasteiger partial charge in [-0.2, -0.15) is 0 Å². The Morgan fingerprint density at radius 2 is 1.76 bits per heavy atom. The first-order chi connectivity index (χ1) is 14.0. The van der Waals surface area contributed by atoms with Gasteiger partial charge in [0.2, 0.25) is 5.91 Å². The quantitative estimate of drug-likeness (QED) is 0.775. The minimum atomic E-state index is -0.0529. The molecule has 0 saturated carbocycles. The molecule has 29 heavy (non-hydrogen) atoms. The van der Waals surface area contributed by atoms with E-state index in [1.54, 1.807) is 28.3 Å². The van der Waals surface area contributed by atoms with E-state index in [1.807, 2.05) is 12.1 Å². The van der Waals surface area contributed by atoms with Gasteiger partial charge in [-0.25, -0.2) is 0 Å². The maximum absolute atomic E-state index is 11.8. The van der Waals surface area contributed by atoms with Gasteiger partial charge in [0.15, 0.2) is 11.5 Å².